The fourth-order valence-corrected chi connectivity index (χ4v) is 2.93. The molecule has 3 heteroatoms. The van der Waals surface area contributed by atoms with Crippen LogP contribution in [0.3, 0.4) is 0 Å². The minimum Gasteiger partial charge on any atom is -0.313 e. The van der Waals surface area contributed by atoms with Crippen molar-refractivity contribution >= 4 is 27.5 Å². The maximum atomic E-state index is 5.98. The van der Waals surface area contributed by atoms with Crippen LogP contribution in [0.4, 0.5) is 0 Å². The second-order valence-corrected chi connectivity index (χ2v) is 7.11. The van der Waals surface area contributed by atoms with Gasteiger partial charge in [0.15, 0.2) is 0 Å². The molecule has 1 aliphatic rings. The Kier molecular flexibility index (Phi) is 4.99. The third-order valence-electron chi connectivity index (χ3n) is 3.97. The van der Waals surface area contributed by atoms with Gasteiger partial charge in [0, 0.05) is 28.0 Å². The molecule has 110 valence electrons. The lowest BCUT2D eigenvalue weighted by atomic mass is 9.92. The van der Waals surface area contributed by atoms with Crippen molar-refractivity contribution in [2.45, 2.75) is 31.2 Å². The van der Waals surface area contributed by atoms with Gasteiger partial charge in [-0.2, -0.15) is 0 Å². The van der Waals surface area contributed by atoms with E-state index in [-0.39, 0.29) is 0 Å². The van der Waals surface area contributed by atoms with Crippen molar-refractivity contribution < 1.29 is 0 Å². The van der Waals surface area contributed by atoms with E-state index in [9.17, 15) is 0 Å². The quantitative estimate of drug-likeness (QED) is 0.744. The fourth-order valence-electron chi connectivity index (χ4n) is 2.54. The van der Waals surface area contributed by atoms with Crippen molar-refractivity contribution in [3.05, 3.63) is 69.2 Å². The standard InChI is InChI=1S/C18H19BrClN/c19-16-5-3-14(4-6-16)15(12-21-18-9-10-18)11-13-1-7-17(20)8-2-13/h1-8,15,18,21H,9-12H2. The van der Waals surface area contributed by atoms with Gasteiger partial charge in [-0.3, -0.25) is 0 Å². The van der Waals surface area contributed by atoms with Gasteiger partial charge >= 0.3 is 0 Å². The molecule has 0 aliphatic heterocycles. The Balaban J connectivity index is 1.73. The first-order valence-corrected chi connectivity index (χ1v) is 8.61. The molecular weight excluding hydrogens is 346 g/mol. The highest BCUT2D eigenvalue weighted by molar-refractivity contribution is 9.10. The summed E-state index contributed by atoms with van der Waals surface area (Å²) in [5, 5.41) is 4.46. The Morgan fingerprint density at radius 1 is 1.05 bits per heavy atom. The number of hydrogen-bond donors (Lipinski definition) is 1. The van der Waals surface area contributed by atoms with Crippen LogP contribution in [0.2, 0.25) is 5.02 Å². The molecule has 0 radical (unpaired) electrons. The van der Waals surface area contributed by atoms with E-state index < -0.39 is 0 Å². The summed E-state index contributed by atoms with van der Waals surface area (Å²) >= 11 is 9.49. The second-order valence-electron chi connectivity index (χ2n) is 5.76. The van der Waals surface area contributed by atoms with Crippen molar-refractivity contribution in [2.24, 2.45) is 0 Å². The van der Waals surface area contributed by atoms with Crippen molar-refractivity contribution in [3.63, 3.8) is 0 Å². The number of benzene rings is 2. The summed E-state index contributed by atoms with van der Waals surface area (Å²) in [5.41, 5.74) is 2.73. The van der Waals surface area contributed by atoms with E-state index in [1.807, 2.05) is 12.1 Å². The molecule has 0 heterocycles. The Morgan fingerprint density at radius 2 is 1.71 bits per heavy atom. The van der Waals surface area contributed by atoms with Gasteiger partial charge in [-0.15, -0.1) is 0 Å². The first-order valence-electron chi connectivity index (χ1n) is 7.44. The lowest BCUT2D eigenvalue weighted by molar-refractivity contribution is 0.577. The molecule has 1 aliphatic carbocycles. The molecule has 1 unspecified atom stereocenters. The minimum atomic E-state index is 0.500. The molecule has 0 saturated heterocycles. The van der Waals surface area contributed by atoms with E-state index in [4.69, 9.17) is 11.6 Å². The van der Waals surface area contributed by atoms with Gasteiger partial charge in [-0.25, -0.2) is 0 Å². The van der Waals surface area contributed by atoms with Crippen LogP contribution in [0.1, 0.15) is 29.9 Å². The zero-order valence-electron chi connectivity index (χ0n) is 11.9. The molecule has 3 rings (SSSR count). The summed E-state index contributed by atoms with van der Waals surface area (Å²) in [6.45, 7) is 1.04. The molecule has 0 aromatic heterocycles. The Labute approximate surface area is 139 Å². The van der Waals surface area contributed by atoms with Gasteiger partial charge < -0.3 is 5.32 Å². The zero-order valence-corrected chi connectivity index (χ0v) is 14.2. The molecule has 0 bridgehead atoms. The van der Waals surface area contributed by atoms with E-state index in [1.54, 1.807) is 0 Å². The molecule has 21 heavy (non-hydrogen) atoms. The van der Waals surface area contributed by atoms with Gasteiger partial charge in [0.05, 0.1) is 0 Å². The highest BCUT2D eigenvalue weighted by Crippen LogP contribution is 2.25. The summed E-state index contributed by atoms with van der Waals surface area (Å²) in [7, 11) is 0. The van der Waals surface area contributed by atoms with Crippen molar-refractivity contribution in [3.8, 4) is 0 Å². The van der Waals surface area contributed by atoms with Crippen LogP contribution in [0, 0.1) is 0 Å². The van der Waals surface area contributed by atoms with Crippen LogP contribution in [-0.4, -0.2) is 12.6 Å². The van der Waals surface area contributed by atoms with Crippen molar-refractivity contribution in [1.29, 1.82) is 0 Å². The van der Waals surface area contributed by atoms with Crippen LogP contribution < -0.4 is 5.32 Å². The Bertz CT molecular complexity index is 575. The zero-order chi connectivity index (χ0) is 14.7. The highest BCUT2D eigenvalue weighted by Gasteiger charge is 2.22. The smallest absolute Gasteiger partial charge is 0.0406 e. The molecule has 0 amide bonds. The second kappa shape index (κ2) is 6.95. The fraction of sp³-hybridized carbons (Fsp3) is 0.333. The van der Waals surface area contributed by atoms with Gasteiger partial charge in [0.1, 0.15) is 0 Å². The molecule has 1 fully saturated rings. The van der Waals surface area contributed by atoms with Crippen molar-refractivity contribution in [1.82, 2.24) is 5.32 Å². The van der Waals surface area contributed by atoms with E-state index in [2.05, 4.69) is 57.6 Å². The summed E-state index contributed by atoms with van der Waals surface area (Å²) < 4.78 is 1.13. The molecule has 1 atom stereocenters. The average molecular weight is 365 g/mol. The predicted molar refractivity (Wildman–Crippen MR) is 93.1 cm³/mol. The Hall–Kier alpha value is -0.830. The molecule has 1 nitrogen and oxygen atoms in total. The number of nitrogens with one attached hydrogen (secondary N) is 1. The predicted octanol–water partition coefficient (Wildman–Crippen LogP) is 5.18. The third kappa shape index (κ3) is 4.57. The van der Waals surface area contributed by atoms with Crippen LogP contribution >= 0.6 is 27.5 Å². The molecule has 2 aromatic rings. The minimum absolute atomic E-state index is 0.500. The number of halogens is 2. The van der Waals surface area contributed by atoms with Crippen LogP contribution in [0.25, 0.3) is 0 Å². The SMILES string of the molecule is Clc1ccc(CC(CNC2CC2)c2ccc(Br)cc2)cc1. The van der Waals surface area contributed by atoms with Crippen LogP contribution in [-0.2, 0) is 6.42 Å². The first kappa shape index (κ1) is 15.1. The third-order valence-corrected chi connectivity index (χ3v) is 4.75. The number of rotatable bonds is 6. The first-order chi connectivity index (χ1) is 10.2. The molecule has 1 N–H and O–H groups in total. The summed E-state index contributed by atoms with van der Waals surface area (Å²) in [6, 6.07) is 17.7. The molecule has 0 spiro atoms. The lowest BCUT2D eigenvalue weighted by Gasteiger charge is -2.18. The number of hydrogen-bond acceptors (Lipinski definition) is 1. The van der Waals surface area contributed by atoms with E-state index in [1.165, 1.54) is 24.0 Å². The summed E-state index contributed by atoms with van der Waals surface area (Å²) in [5.74, 6) is 0.500. The van der Waals surface area contributed by atoms with Gasteiger partial charge in [-0.1, -0.05) is 51.8 Å². The normalized spacial score (nSPS) is 15.9. The summed E-state index contributed by atoms with van der Waals surface area (Å²) in [4.78, 5) is 0. The topological polar surface area (TPSA) is 12.0 Å². The lowest BCUT2D eigenvalue weighted by Crippen LogP contribution is -2.24. The largest absolute Gasteiger partial charge is 0.313 e. The monoisotopic (exact) mass is 363 g/mol. The summed E-state index contributed by atoms with van der Waals surface area (Å²) in [6.07, 6.45) is 3.69. The van der Waals surface area contributed by atoms with Gasteiger partial charge in [0.2, 0.25) is 0 Å². The molecular formula is C18H19BrClN. The molecule has 2 aromatic carbocycles. The Morgan fingerprint density at radius 3 is 2.33 bits per heavy atom. The maximum absolute atomic E-state index is 5.98. The van der Waals surface area contributed by atoms with E-state index in [0.29, 0.717) is 5.92 Å². The van der Waals surface area contributed by atoms with Crippen LogP contribution in [0.15, 0.2) is 53.0 Å². The van der Waals surface area contributed by atoms with Crippen LogP contribution in [0.5, 0.6) is 0 Å². The van der Waals surface area contributed by atoms with Crippen molar-refractivity contribution in [2.75, 3.05) is 6.54 Å². The van der Waals surface area contributed by atoms with Gasteiger partial charge in [0.25, 0.3) is 0 Å². The van der Waals surface area contributed by atoms with E-state index >= 15 is 0 Å². The highest BCUT2D eigenvalue weighted by atomic mass is 79.9. The van der Waals surface area contributed by atoms with E-state index in [0.717, 1.165) is 28.5 Å². The maximum Gasteiger partial charge on any atom is 0.0406 e. The molecule has 1 saturated carbocycles. The average Bonchev–Trinajstić information content (AvgIpc) is 3.31. The van der Waals surface area contributed by atoms with Gasteiger partial charge in [-0.05, 0) is 54.7 Å².